The van der Waals surface area contributed by atoms with Crippen LogP contribution >= 0.6 is 0 Å². The van der Waals surface area contributed by atoms with Gasteiger partial charge in [-0.3, -0.25) is 0 Å². The van der Waals surface area contributed by atoms with Crippen LogP contribution in [-0.4, -0.2) is 63.3 Å². The highest BCUT2D eigenvalue weighted by Crippen LogP contribution is 2.22. The van der Waals surface area contributed by atoms with Gasteiger partial charge in [0.25, 0.3) is 0 Å². The summed E-state index contributed by atoms with van der Waals surface area (Å²) >= 11 is 0. The highest BCUT2D eigenvalue weighted by molar-refractivity contribution is 5.72. The summed E-state index contributed by atoms with van der Waals surface area (Å²) in [6.45, 7) is 3.38. The SMILES string of the molecule is NC1CCC(Nc2ncc3nnn(-c4ccc(N5CCOCC5)cc4)c3n2)CC1. The first kappa shape index (κ1) is 18.3. The van der Waals surface area contributed by atoms with Gasteiger partial charge in [0, 0.05) is 30.9 Å². The molecule has 3 heterocycles. The fraction of sp³-hybridized carbons (Fsp3) is 0.500. The smallest absolute Gasteiger partial charge is 0.225 e. The molecule has 0 amide bonds. The Hall–Kier alpha value is -2.78. The van der Waals surface area contributed by atoms with Crippen LogP contribution < -0.4 is 16.0 Å². The van der Waals surface area contributed by atoms with E-state index >= 15 is 0 Å². The minimum atomic E-state index is 0.322. The maximum atomic E-state index is 6.01. The number of nitrogens with two attached hydrogens (primary N) is 1. The zero-order valence-corrected chi connectivity index (χ0v) is 16.4. The van der Waals surface area contributed by atoms with Crippen LogP contribution in [0.3, 0.4) is 0 Å². The van der Waals surface area contributed by atoms with Gasteiger partial charge in [-0.1, -0.05) is 5.21 Å². The molecule has 2 aromatic heterocycles. The summed E-state index contributed by atoms with van der Waals surface area (Å²) in [5.74, 6) is 0.617. The number of morpholine rings is 1. The molecule has 0 unspecified atom stereocenters. The van der Waals surface area contributed by atoms with Gasteiger partial charge in [0.1, 0.15) is 0 Å². The number of nitrogens with one attached hydrogen (secondary N) is 1. The molecule has 1 aliphatic carbocycles. The van der Waals surface area contributed by atoms with E-state index in [1.54, 1.807) is 10.9 Å². The molecule has 1 saturated carbocycles. The first-order chi connectivity index (χ1) is 14.3. The molecule has 0 radical (unpaired) electrons. The number of hydrogen-bond donors (Lipinski definition) is 2. The molecule has 3 N–H and O–H groups in total. The number of ether oxygens (including phenoxy) is 1. The first-order valence-corrected chi connectivity index (χ1v) is 10.3. The van der Waals surface area contributed by atoms with Gasteiger partial charge in [0.15, 0.2) is 11.2 Å². The second kappa shape index (κ2) is 7.92. The van der Waals surface area contributed by atoms with E-state index in [-0.39, 0.29) is 0 Å². The lowest BCUT2D eigenvalue weighted by atomic mass is 9.92. The van der Waals surface area contributed by atoms with Crippen LogP contribution in [0.25, 0.3) is 16.9 Å². The van der Waals surface area contributed by atoms with Crippen LogP contribution in [0.5, 0.6) is 0 Å². The van der Waals surface area contributed by atoms with Gasteiger partial charge in [-0.15, -0.1) is 5.10 Å². The summed E-state index contributed by atoms with van der Waals surface area (Å²) < 4.78 is 7.20. The van der Waals surface area contributed by atoms with Crippen molar-refractivity contribution in [3.05, 3.63) is 30.5 Å². The standard InChI is InChI=1S/C20H26N8O/c21-14-1-3-15(4-2-14)23-20-22-13-18-19(24-20)28(26-25-18)17-7-5-16(6-8-17)27-9-11-29-12-10-27/h5-8,13-15H,1-4,9-12,21H2,(H,22,23,24). The predicted molar refractivity (Wildman–Crippen MR) is 111 cm³/mol. The fourth-order valence-electron chi connectivity index (χ4n) is 4.04. The fourth-order valence-corrected chi connectivity index (χ4v) is 4.04. The van der Waals surface area contributed by atoms with Crippen molar-refractivity contribution in [2.24, 2.45) is 5.73 Å². The van der Waals surface area contributed by atoms with Crippen LogP contribution in [0.4, 0.5) is 11.6 Å². The zero-order valence-electron chi connectivity index (χ0n) is 16.4. The molecule has 1 saturated heterocycles. The number of aromatic nitrogens is 5. The van der Waals surface area contributed by atoms with Crippen molar-refractivity contribution >= 4 is 22.8 Å². The molecule has 5 rings (SSSR count). The van der Waals surface area contributed by atoms with E-state index in [2.05, 4.69) is 49.8 Å². The van der Waals surface area contributed by atoms with Gasteiger partial charge in [-0.05, 0) is 49.9 Å². The number of anilines is 2. The normalized spacial score (nSPS) is 22.7. The minimum Gasteiger partial charge on any atom is -0.378 e. The number of benzene rings is 1. The highest BCUT2D eigenvalue weighted by atomic mass is 16.5. The monoisotopic (exact) mass is 394 g/mol. The molecular weight excluding hydrogens is 368 g/mol. The third-order valence-electron chi connectivity index (χ3n) is 5.77. The van der Waals surface area contributed by atoms with E-state index in [0.29, 0.717) is 29.2 Å². The Morgan fingerprint density at radius 3 is 2.48 bits per heavy atom. The van der Waals surface area contributed by atoms with Crippen LogP contribution in [-0.2, 0) is 4.74 Å². The molecular formula is C20H26N8O. The molecule has 0 spiro atoms. The highest BCUT2D eigenvalue weighted by Gasteiger charge is 2.20. The molecule has 1 aliphatic heterocycles. The van der Waals surface area contributed by atoms with Crippen LogP contribution in [0, 0.1) is 0 Å². The van der Waals surface area contributed by atoms with E-state index < -0.39 is 0 Å². The van der Waals surface area contributed by atoms with Gasteiger partial charge in [0.2, 0.25) is 5.95 Å². The molecule has 1 aromatic carbocycles. The molecule has 29 heavy (non-hydrogen) atoms. The molecule has 2 fully saturated rings. The van der Waals surface area contributed by atoms with Gasteiger partial charge < -0.3 is 20.7 Å². The van der Waals surface area contributed by atoms with Crippen LogP contribution in [0.1, 0.15) is 25.7 Å². The summed E-state index contributed by atoms with van der Waals surface area (Å²) in [6, 6.07) is 9.01. The Labute approximate surface area is 169 Å². The largest absolute Gasteiger partial charge is 0.378 e. The number of nitrogens with zero attached hydrogens (tertiary/aromatic N) is 6. The summed E-state index contributed by atoms with van der Waals surface area (Å²) in [6.07, 6.45) is 5.89. The quantitative estimate of drug-likeness (QED) is 0.689. The van der Waals surface area contributed by atoms with E-state index in [0.717, 1.165) is 57.7 Å². The Morgan fingerprint density at radius 1 is 1.00 bits per heavy atom. The topological polar surface area (TPSA) is 107 Å². The molecule has 9 heteroatoms. The van der Waals surface area contributed by atoms with Gasteiger partial charge >= 0.3 is 0 Å². The Bertz CT molecular complexity index is 958. The summed E-state index contributed by atoms with van der Waals surface area (Å²) in [4.78, 5) is 11.4. The summed E-state index contributed by atoms with van der Waals surface area (Å²) in [7, 11) is 0. The number of rotatable bonds is 4. The van der Waals surface area contributed by atoms with Gasteiger partial charge in [-0.2, -0.15) is 9.67 Å². The van der Waals surface area contributed by atoms with Gasteiger partial charge in [0.05, 0.1) is 25.1 Å². The van der Waals surface area contributed by atoms with Crippen LogP contribution in [0.15, 0.2) is 30.5 Å². The van der Waals surface area contributed by atoms with Crippen molar-refractivity contribution in [2.75, 3.05) is 36.5 Å². The van der Waals surface area contributed by atoms with Crippen molar-refractivity contribution in [3.8, 4) is 5.69 Å². The molecule has 3 aromatic rings. The Balaban J connectivity index is 1.37. The second-order valence-corrected chi connectivity index (χ2v) is 7.78. The van der Waals surface area contributed by atoms with E-state index in [1.807, 2.05) is 0 Å². The third kappa shape index (κ3) is 3.88. The Morgan fingerprint density at radius 2 is 1.72 bits per heavy atom. The lowest BCUT2D eigenvalue weighted by Gasteiger charge is -2.28. The third-order valence-corrected chi connectivity index (χ3v) is 5.77. The van der Waals surface area contributed by atoms with E-state index in [4.69, 9.17) is 15.5 Å². The second-order valence-electron chi connectivity index (χ2n) is 7.78. The average molecular weight is 394 g/mol. The number of fused-ring (bicyclic) bond motifs is 1. The first-order valence-electron chi connectivity index (χ1n) is 10.3. The predicted octanol–water partition coefficient (Wildman–Crippen LogP) is 1.73. The maximum Gasteiger partial charge on any atom is 0.225 e. The molecule has 2 aliphatic rings. The van der Waals surface area contributed by atoms with E-state index in [9.17, 15) is 0 Å². The number of hydrogen-bond acceptors (Lipinski definition) is 8. The molecule has 0 bridgehead atoms. The van der Waals surface area contributed by atoms with Crippen molar-refractivity contribution < 1.29 is 4.74 Å². The molecule has 9 nitrogen and oxygen atoms in total. The zero-order chi connectivity index (χ0) is 19.6. The van der Waals surface area contributed by atoms with Crippen molar-refractivity contribution in [3.63, 3.8) is 0 Å². The lowest BCUT2D eigenvalue weighted by molar-refractivity contribution is 0.122. The van der Waals surface area contributed by atoms with Crippen molar-refractivity contribution in [1.82, 2.24) is 25.0 Å². The minimum absolute atomic E-state index is 0.322. The van der Waals surface area contributed by atoms with Gasteiger partial charge in [-0.25, -0.2) is 4.98 Å². The summed E-state index contributed by atoms with van der Waals surface area (Å²) in [5, 5.41) is 12.0. The van der Waals surface area contributed by atoms with E-state index in [1.165, 1.54) is 5.69 Å². The average Bonchev–Trinajstić information content (AvgIpc) is 3.19. The summed E-state index contributed by atoms with van der Waals surface area (Å²) in [5.41, 5.74) is 9.50. The maximum absolute atomic E-state index is 6.01. The lowest BCUT2D eigenvalue weighted by Crippen LogP contribution is -2.36. The van der Waals surface area contributed by atoms with Crippen LogP contribution in [0.2, 0.25) is 0 Å². The Kier molecular flexibility index (Phi) is 4.99. The van der Waals surface area contributed by atoms with Crippen molar-refractivity contribution in [2.45, 2.75) is 37.8 Å². The molecule has 152 valence electrons. The van der Waals surface area contributed by atoms with Crippen molar-refractivity contribution in [1.29, 1.82) is 0 Å². The molecule has 0 atom stereocenters.